The van der Waals surface area contributed by atoms with Gasteiger partial charge >= 0.3 is 0 Å². The van der Waals surface area contributed by atoms with Crippen molar-refractivity contribution in [1.29, 1.82) is 0 Å². The predicted octanol–water partition coefficient (Wildman–Crippen LogP) is 1.55. The van der Waals surface area contributed by atoms with E-state index in [1.165, 1.54) is 10.4 Å². The number of nitrogens with zero attached hydrogens (tertiary/aromatic N) is 2. The highest BCUT2D eigenvalue weighted by molar-refractivity contribution is 7.92. The summed E-state index contributed by atoms with van der Waals surface area (Å²) in [5, 5.41) is 0.383. The number of hydrogen-bond acceptors (Lipinski definition) is 6. The third-order valence-electron chi connectivity index (χ3n) is 5.38. The molecular formula is C18H27ClN2O5S2. The number of hydrogen-bond donors (Lipinski definition) is 0. The molecule has 0 radical (unpaired) electrons. The number of ether oxygens (including phenoxy) is 1. The Morgan fingerprint density at radius 2 is 2.00 bits per heavy atom. The summed E-state index contributed by atoms with van der Waals surface area (Å²) in [5.41, 5.74) is 0.489. The smallest absolute Gasteiger partial charge is 0.243 e. The molecule has 1 aromatic carbocycles. The van der Waals surface area contributed by atoms with Gasteiger partial charge in [-0.3, -0.25) is 4.90 Å². The van der Waals surface area contributed by atoms with Gasteiger partial charge in [-0.05, 0) is 44.0 Å². The van der Waals surface area contributed by atoms with Crippen molar-refractivity contribution in [1.82, 2.24) is 9.21 Å². The topological polar surface area (TPSA) is 84.0 Å². The van der Waals surface area contributed by atoms with Gasteiger partial charge in [-0.1, -0.05) is 17.7 Å². The first-order valence-electron chi connectivity index (χ1n) is 9.48. The molecule has 2 heterocycles. The predicted molar refractivity (Wildman–Crippen MR) is 109 cm³/mol. The molecule has 3 rings (SSSR count). The van der Waals surface area contributed by atoms with Gasteiger partial charge in [-0.2, -0.15) is 4.31 Å². The van der Waals surface area contributed by atoms with Crippen LogP contribution in [-0.4, -0.2) is 83.0 Å². The van der Waals surface area contributed by atoms with Gasteiger partial charge in [0.2, 0.25) is 10.0 Å². The third kappa shape index (κ3) is 5.06. The maximum atomic E-state index is 13.4. The van der Waals surface area contributed by atoms with Crippen molar-refractivity contribution in [2.45, 2.75) is 30.7 Å². The minimum Gasteiger partial charge on any atom is -0.379 e. The fourth-order valence-corrected chi connectivity index (χ4v) is 7.77. The molecule has 0 aromatic heterocycles. The van der Waals surface area contributed by atoms with E-state index in [4.69, 9.17) is 16.3 Å². The van der Waals surface area contributed by atoms with Gasteiger partial charge in [0.15, 0.2) is 9.84 Å². The number of morpholine rings is 1. The fraction of sp³-hybridized carbons (Fsp3) is 0.667. The summed E-state index contributed by atoms with van der Waals surface area (Å²) in [5.74, 6) is -0.0922. The van der Waals surface area contributed by atoms with E-state index in [-0.39, 0.29) is 22.9 Å². The molecule has 0 bridgehead atoms. The number of rotatable bonds is 7. The summed E-state index contributed by atoms with van der Waals surface area (Å²) in [6.07, 6.45) is 0.966. The number of sulfonamides is 1. The van der Waals surface area contributed by atoms with Crippen LogP contribution in [0.15, 0.2) is 23.1 Å². The van der Waals surface area contributed by atoms with Crippen LogP contribution in [0.5, 0.6) is 0 Å². The maximum absolute atomic E-state index is 13.4. The summed E-state index contributed by atoms with van der Waals surface area (Å²) in [6, 6.07) is 4.27. The minimum absolute atomic E-state index is 0.0294. The molecule has 1 aromatic rings. The molecule has 28 heavy (non-hydrogen) atoms. The molecule has 1 atom stereocenters. The Bertz CT molecular complexity index is 899. The molecule has 0 N–H and O–H groups in total. The first kappa shape index (κ1) is 22.0. The second-order valence-corrected chi connectivity index (χ2v) is 11.8. The van der Waals surface area contributed by atoms with Crippen LogP contribution in [0.4, 0.5) is 0 Å². The zero-order valence-electron chi connectivity index (χ0n) is 16.0. The van der Waals surface area contributed by atoms with Crippen molar-refractivity contribution in [3.05, 3.63) is 28.8 Å². The Kier molecular flexibility index (Phi) is 7.05. The first-order chi connectivity index (χ1) is 13.2. The molecule has 158 valence electrons. The third-order valence-corrected chi connectivity index (χ3v) is 9.63. The van der Waals surface area contributed by atoms with Gasteiger partial charge in [0, 0.05) is 30.7 Å². The highest BCUT2D eigenvalue weighted by Gasteiger charge is 2.39. The summed E-state index contributed by atoms with van der Waals surface area (Å²) < 4.78 is 57.5. The average Bonchev–Trinajstić information content (AvgIpc) is 3.01. The zero-order chi connectivity index (χ0) is 20.4. The molecule has 0 aliphatic carbocycles. The molecule has 2 aliphatic rings. The Balaban J connectivity index is 1.81. The summed E-state index contributed by atoms with van der Waals surface area (Å²) in [4.78, 5) is 2.39. The van der Waals surface area contributed by atoms with E-state index in [1.807, 2.05) is 0 Å². The van der Waals surface area contributed by atoms with Crippen LogP contribution in [0.2, 0.25) is 5.02 Å². The molecule has 10 heteroatoms. The minimum atomic E-state index is -3.85. The molecule has 2 saturated heterocycles. The second kappa shape index (κ2) is 8.97. The molecule has 0 amide bonds. The molecule has 0 spiro atoms. The monoisotopic (exact) mass is 450 g/mol. The Morgan fingerprint density at radius 3 is 2.64 bits per heavy atom. The van der Waals surface area contributed by atoms with E-state index >= 15 is 0 Å². The Morgan fingerprint density at radius 1 is 1.29 bits per heavy atom. The summed E-state index contributed by atoms with van der Waals surface area (Å²) >= 11 is 6.14. The SMILES string of the molecule is Cc1c(Cl)cccc1S(=O)(=O)N(CCCN1CCOCC1)C1CCS(=O)(=O)C1. The van der Waals surface area contributed by atoms with Crippen LogP contribution in [0.3, 0.4) is 0 Å². The van der Waals surface area contributed by atoms with Crippen molar-refractivity contribution in [3.63, 3.8) is 0 Å². The molecular weight excluding hydrogens is 424 g/mol. The van der Waals surface area contributed by atoms with Crippen LogP contribution in [0.25, 0.3) is 0 Å². The van der Waals surface area contributed by atoms with Gasteiger partial charge in [-0.15, -0.1) is 0 Å². The van der Waals surface area contributed by atoms with Crippen LogP contribution < -0.4 is 0 Å². The van der Waals surface area contributed by atoms with Crippen molar-refractivity contribution in [2.24, 2.45) is 0 Å². The van der Waals surface area contributed by atoms with E-state index in [9.17, 15) is 16.8 Å². The van der Waals surface area contributed by atoms with Gasteiger partial charge in [0.05, 0.1) is 29.6 Å². The van der Waals surface area contributed by atoms with Crippen LogP contribution >= 0.6 is 11.6 Å². The van der Waals surface area contributed by atoms with Crippen molar-refractivity contribution < 1.29 is 21.6 Å². The highest BCUT2D eigenvalue weighted by atomic mass is 35.5. The average molecular weight is 451 g/mol. The molecule has 0 saturated carbocycles. The largest absolute Gasteiger partial charge is 0.379 e. The lowest BCUT2D eigenvalue weighted by molar-refractivity contribution is 0.0367. The number of benzene rings is 1. The quantitative estimate of drug-likeness (QED) is 0.626. The van der Waals surface area contributed by atoms with Crippen molar-refractivity contribution in [3.8, 4) is 0 Å². The fourth-order valence-electron chi connectivity index (χ4n) is 3.77. The van der Waals surface area contributed by atoms with Gasteiger partial charge < -0.3 is 4.74 Å². The summed E-state index contributed by atoms with van der Waals surface area (Å²) in [7, 11) is -7.06. The van der Waals surface area contributed by atoms with E-state index in [0.717, 1.165) is 19.6 Å². The number of sulfone groups is 1. The Labute approximate surface area is 172 Å². The van der Waals surface area contributed by atoms with Gasteiger partial charge in [-0.25, -0.2) is 16.8 Å². The normalized spacial score (nSPS) is 23.3. The molecule has 2 fully saturated rings. The van der Waals surface area contributed by atoms with E-state index in [1.54, 1.807) is 19.1 Å². The summed E-state index contributed by atoms with van der Waals surface area (Å²) in [6.45, 7) is 5.74. The van der Waals surface area contributed by atoms with E-state index < -0.39 is 25.9 Å². The maximum Gasteiger partial charge on any atom is 0.243 e. The van der Waals surface area contributed by atoms with Crippen molar-refractivity contribution in [2.75, 3.05) is 50.9 Å². The lowest BCUT2D eigenvalue weighted by Gasteiger charge is -2.30. The standard InChI is InChI=1S/C18H27ClN2O5S2/c1-15-17(19)4-2-5-18(15)28(24,25)21(16-6-13-27(22,23)14-16)8-3-7-20-9-11-26-12-10-20/h2,4-5,16H,3,6-14H2,1H3. The zero-order valence-corrected chi connectivity index (χ0v) is 18.4. The first-order valence-corrected chi connectivity index (χ1v) is 13.1. The van der Waals surface area contributed by atoms with E-state index in [0.29, 0.717) is 36.6 Å². The lowest BCUT2D eigenvalue weighted by Crippen LogP contribution is -2.43. The Hall–Kier alpha value is -0.710. The van der Waals surface area contributed by atoms with Crippen LogP contribution in [0.1, 0.15) is 18.4 Å². The van der Waals surface area contributed by atoms with Gasteiger partial charge in [0.25, 0.3) is 0 Å². The lowest BCUT2D eigenvalue weighted by atomic mass is 10.2. The van der Waals surface area contributed by atoms with Crippen LogP contribution in [0, 0.1) is 6.92 Å². The van der Waals surface area contributed by atoms with Crippen molar-refractivity contribution >= 4 is 31.5 Å². The van der Waals surface area contributed by atoms with Crippen LogP contribution in [-0.2, 0) is 24.6 Å². The molecule has 7 nitrogen and oxygen atoms in total. The number of halogens is 1. The molecule has 1 unspecified atom stereocenters. The van der Waals surface area contributed by atoms with E-state index in [2.05, 4.69) is 4.90 Å². The molecule has 2 aliphatic heterocycles. The van der Waals surface area contributed by atoms with Gasteiger partial charge in [0.1, 0.15) is 0 Å². The highest BCUT2D eigenvalue weighted by Crippen LogP contribution is 2.29. The second-order valence-electron chi connectivity index (χ2n) is 7.34.